The molecule has 3 N–H and O–H groups in total. The monoisotopic (exact) mass is 261 g/mol. The van der Waals surface area contributed by atoms with Crippen molar-refractivity contribution in [2.75, 3.05) is 12.3 Å². The van der Waals surface area contributed by atoms with Crippen molar-refractivity contribution in [3.63, 3.8) is 0 Å². The Morgan fingerprint density at radius 3 is 2.68 bits per heavy atom. The van der Waals surface area contributed by atoms with E-state index in [0.29, 0.717) is 18.1 Å². The van der Waals surface area contributed by atoms with Crippen molar-refractivity contribution in [3.8, 4) is 11.6 Å². The first-order valence-electron chi connectivity index (χ1n) is 6.34. The van der Waals surface area contributed by atoms with E-state index in [2.05, 4.69) is 5.10 Å². The Bertz CT molecular complexity index is 537. The molecular formula is C14H19N3O2. The summed E-state index contributed by atoms with van der Waals surface area (Å²) < 4.78 is 7.15. The number of ether oxygens (including phenoxy) is 1. The number of anilines is 1. The van der Waals surface area contributed by atoms with Gasteiger partial charge in [0.2, 0.25) is 5.88 Å². The summed E-state index contributed by atoms with van der Waals surface area (Å²) in [6.07, 6.45) is 0.163. The van der Waals surface area contributed by atoms with Gasteiger partial charge in [-0.2, -0.15) is 0 Å². The van der Waals surface area contributed by atoms with Crippen molar-refractivity contribution in [2.45, 2.75) is 26.4 Å². The molecule has 0 unspecified atom stereocenters. The third-order valence-corrected chi connectivity index (χ3v) is 3.01. The fourth-order valence-electron chi connectivity index (χ4n) is 1.68. The molecule has 0 spiro atoms. The Morgan fingerprint density at radius 1 is 1.37 bits per heavy atom. The highest BCUT2D eigenvalue weighted by molar-refractivity contribution is 5.51. The van der Waals surface area contributed by atoms with E-state index in [1.807, 2.05) is 44.2 Å². The molecule has 0 aliphatic heterocycles. The molecule has 0 aliphatic rings. The molecule has 1 atom stereocenters. The van der Waals surface area contributed by atoms with Crippen LogP contribution in [0.3, 0.4) is 0 Å². The number of nitrogens with two attached hydrogens (primary N) is 1. The fraction of sp³-hybridized carbons (Fsp3) is 0.357. The van der Waals surface area contributed by atoms with Crippen LogP contribution in [0.25, 0.3) is 5.69 Å². The highest BCUT2D eigenvalue weighted by Crippen LogP contribution is 2.25. The highest BCUT2D eigenvalue weighted by atomic mass is 16.5. The highest BCUT2D eigenvalue weighted by Gasteiger charge is 2.15. The zero-order valence-electron chi connectivity index (χ0n) is 11.2. The summed E-state index contributed by atoms with van der Waals surface area (Å²) in [4.78, 5) is 0. The van der Waals surface area contributed by atoms with E-state index in [4.69, 9.17) is 10.5 Å². The average molecular weight is 261 g/mol. The second-order valence-electron chi connectivity index (χ2n) is 4.44. The van der Waals surface area contributed by atoms with Gasteiger partial charge in [0.25, 0.3) is 0 Å². The maximum absolute atomic E-state index is 9.51. The largest absolute Gasteiger partial charge is 0.474 e. The van der Waals surface area contributed by atoms with Crippen molar-refractivity contribution in [3.05, 3.63) is 35.9 Å². The fourth-order valence-corrected chi connectivity index (χ4v) is 1.68. The first-order valence-corrected chi connectivity index (χ1v) is 6.34. The molecule has 2 aromatic rings. The van der Waals surface area contributed by atoms with Gasteiger partial charge < -0.3 is 15.6 Å². The van der Waals surface area contributed by atoms with Gasteiger partial charge in [-0.1, -0.05) is 25.1 Å². The Kier molecular flexibility index (Phi) is 4.06. The number of nitrogens with zero attached hydrogens (tertiary/aromatic N) is 2. The van der Waals surface area contributed by atoms with Crippen LogP contribution in [-0.2, 0) is 0 Å². The molecule has 0 amide bonds. The third kappa shape index (κ3) is 2.88. The molecule has 19 heavy (non-hydrogen) atoms. The van der Waals surface area contributed by atoms with Crippen LogP contribution in [0, 0.1) is 6.92 Å². The minimum absolute atomic E-state index is 0.225. The van der Waals surface area contributed by atoms with E-state index in [-0.39, 0.29) is 6.61 Å². The molecule has 0 saturated carbocycles. The molecule has 0 fully saturated rings. The van der Waals surface area contributed by atoms with E-state index >= 15 is 0 Å². The second kappa shape index (κ2) is 5.75. The predicted molar refractivity (Wildman–Crippen MR) is 74.5 cm³/mol. The van der Waals surface area contributed by atoms with Crippen LogP contribution in [0.2, 0.25) is 0 Å². The number of aromatic nitrogens is 2. The molecule has 0 bridgehead atoms. The van der Waals surface area contributed by atoms with E-state index < -0.39 is 6.10 Å². The Labute approximate surface area is 112 Å². The van der Waals surface area contributed by atoms with Gasteiger partial charge in [-0.05, 0) is 25.5 Å². The predicted octanol–water partition coefficient (Wildman–Crippen LogP) is 1.91. The molecule has 1 aromatic carbocycles. The summed E-state index contributed by atoms with van der Waals surface area (Å²) in [5.74, 6) is 1.01. The van der Waals surface area contributed by atoms with Crippen LogP contribution in [0.5, 0.6) is 5.88 Å². The van der Waals surface area contributed by atoms with Gasteiger partial charge in [0.05, 0.1) is 17.4 Å². The topological polar surface area (TPSA) is 73.3 Å². The molecule has 1 aromatic heterocycles. The summed E-state index contributed by atoms with van der Waals surface area (Å²) in [6, 6.07) is 9.63. The van der Waals surface area contributed by atoms with Gasteiger partial charge in [-0.25, -0.2) is 4.68 Å². The van der Waals surface area contributed by atoms with Crippen molar-refractivity contribution < 1.29 is 9.84 Å². The van der Waals surface area contributed by atoms with Crippen molar-refractivity contribution in [1.82, 2.24) is 9.78 Å². The molecule has 0 radical (unpaired) electrons. The van der Waals surface area contributed by atoms with Crippen LogP contribution < -0.4 is 10.5 Å². The smallest absolute Gasteiger partial charge is 0.238 e. The number of aliphatic hydroxyl groups is 1. The van der Waals surface area contributed by atoms with Crippen LogP contribution in [-0.4, -0.2) is 27.6 Å². The Balaban J connectivity index is 2.24. The molecule has 5 nitrogen and oxygen atoms in total. The molecule has 2 rings (SSSR count). The number of rotatable bonds is 5. The molecular weight excluding hydrogens is 242 g/mol. The maximum atomic E-state index is 9.51. The van der Waals surface area contributed by atoms with E-state index in [0.717, 1.165) is 11.3 Å². The standard InChI is InChI=1S/C14H19N3O2/c1-3-12(18)9-19-14-10(2)13(15)17(16-14)11-7-5-4-6-8-11/h4-8,12,18H,3,9,15H2,1-2H3/t12-/m1/s1. The number of hydrogen-bond acceptors (Lipinski definition) is 4. The Morgan fingerprint density at radius 2 is 2.05 bits per heavy atom. The van der Waals surface area contributed by atoms with E-state index in [9.17, 15) is 5.11 Å². The zero-order valence-corrected chi connectivity index (χ0v) is 11.2. The summed E-state index contributed by atoms with van der Waals surface area (Å²) in [6.45, 7) is 3.98. The first-order chi connectivity index (χ1) is 9.13. The van der Waals surface area contributed by atoms with Crippen LogP contribution in [0.4, 0.5) is 5.82 Å². The molecule has 0 aliphatic carbocycles. The van der Waals surface area contributed by atoms with Gasteiger partial charge in [0.1, 0.15) is 12.4 Å². The lowest BCUT2D eigenvalue weighted by molar-refractivity contribution is 0.101. The summed E-state index contributed by atoms with van der Waals surface area (Å²) in [5, 5.41) is 13.9. The number of hydrogen-bond donors (Lipinski definition) is 2. The van der Waals surface area contributed by atoms with Gasteiger partial charge >= 0.3 is 0 Å². The van der Waals surface area contributed by atoms with Crippen LogP contribution in [0.15, 0.2) is 30.3 Å². The van der Waals surface area contributed by atoms with Crippen molar-refractivity contribution in [1.29, 1.82) is 0 Å². The molecule has 1 heterocycles. The minimum Gasteiger partial charge on any atom is -0.474 e. The average Bonchev–Trinajstić information content (AvgIpc) is 2.73. The lowest BCUT2D eigenvalue weighted by atomic mass is 10.3. The van der Waals surface area contributed by atoms with Crippen molar-refractivity contribution in [2.24, 2.45) is 0 Å². The van der Waals surface area contributed by atoms with Crippen molar-refractivity contribution >= 4 is 5.82 Å². The van der Waals surface area contributed by atoms with E-state index in [1.165, 1.54) is 0 Å². The normalized spacial score (nSPS) is 12.4. The third-order valence-electron chi connectivity index (χ3n) is 3.01. The SMILES string of the molecule is CC[C@@H](O)COc1nn(-c2ccccc2)c(N)c1C. The minimum atomic E-state index is -0.484. The van der Waals surface area contributed by atoms with Crippen LogP contribution in [0.1, 0.15) is 18.9 Å². The number of aliphatic hydroxyl groups excluding tert-OH is 1. The summed E-state index contributed by atoms with van der Waals surface area (Å²) >= 11 is 0. The van der Waals surface area contributed by atoms with Gasteiger partial charge in [-0.15, -0.1) is 5.10 Å². The number of nitrogen functional groups attached to an aromatic ring is 1. The quantitative estimate of drug-likeness (QED) is 0.862. The summed E-state index contributed by atoms with van der Waals surface area (Å²) in [5.41, 5.74) is 7.70. The lowest BCUT2D eigenvalue weighted by Crippen LogP contribution is -2.16. The van der Waals surface area contributed by atoms with Crippen LogP contribution >= 0.6 is 0 Å². The number of para-hydroxylation sites is 1. The maximum Gasteiger partial charge on any atom is 0.238 e. The first kappa shape index (κ1) is 13.4. The number of benzene rings is 1. The Hall–Kier alpha value is -2.01. The molecule has 0 saturated heterocycles. The summed E-state index contributed by atoms with van der Waals surface area (Å²) in [7, 11) is 0. The zero-order chi connectivity index (χ0) is 13.8. The molecule has 102 valence electrons. The lowest BCUT2D eigenvalue weighted by Gasteiger charge is -2.08. The van der Waals surface area contributed by atoms with Gasteiger partial charge in [0, 0.05) is 0 Å². The van der Waals surface area contributed by atoms with E-state index in [1.54, 1.807) is 4.68 Å². The second-order valence-corrected chi connectivity index (χ2v) is 4.44. The van der Waals surface area contributed by atoms with Gasteiger partial charge in [-0.3, -0.25) is 0 Å². The van der Waals surface area contributed by atoms with Gasteiger partial charge in [0.15, 0.2) is 0 Å². The molecule has 5 heteroatoms.